The van der Waals surface area contributed by atoms with Crippen LogP contribution in [0.2, 0.25) is 0 Å². The number of methoxy groups -OCH3 is 2. The van der Waals surface area contributed by atoms with Gasteiger partial charge in [-0.2, -0.15) is 0 Å². The number of benzene rings is 2. The number of aliphatic hydroxyl groups excluding tert-OH is 2. The van der Waals surface area contributed by atoms with E-state index in [1.54, 1.807) is 0 Å². The second-order valence-electron chi connectivity index (χ2n) is 18.4. The molecule has 58 heavy (non-hydrogen) atoms. The molecule has 10 atom stereocenters. The highest BCUT2D eigenvalue weighted by molar-refractivity contribution is 5.71. The van der Waals surface area contributed by atoms with Gasteiger partial charge in [0.1, 0.15) is 11.5 Å². The van der Waals surface area contributed by atoms with E-state index in [1.165, 1.54) is 101 Å². The molecule has 8 heteroatoms. The first-order valence-electron chi connectivity index (χ1n) is 23.0. The van der Waals surface area contributed by atoms with Gasteiger partial charge in [-0.1, -0.05) is 103 Å². The second kappa shape index (κ2) is 23.0. The van der Waals surface area contributed by atoms with Gasteiger partial charge in [0.15, 0.2) is 13.2 Å². The number of hydrogen-bond acceptors (Lipinski definition) is 8. The second-order valence-corrected chi connectivity index (χ2v) is 18.4. The van der Waals surface area contributed by atoms with Crippen LogP contribution in [-0.2, 0) is 44.7 Å². The van der Waals surface area contributed by atoms with Crippen LogP contribution in [0.15, 0.2) is 36.4 Å². The third kappa shape index (κ3) is 12.5. The van der Waals surface area contributed by atoms with E-state index >= 15 is 0 Å². The third-order valence-electron chi connectivity index (χ3n) is 14.5. The minimum absolute atomic E-state index is 0.00397. The average Bonchev–Trinajstić information content (AvgIpc) is 3.71. The third-order valence-corrected chi connectivity index (χ3v) is 14.5. The van der Waals surface area contributed by atoms with Gasteiger partial charge < -0.3 is 29.2 Å². The molecule has 2 aromatic rings. The molecule has 0 aromatic heterocycles. The SMILES string of the molecule is CCCCCC(C)CCC1C(C)CC2Cc3c(cccc3OCC(=O)OC)CC21.CCCCCC(O)CCC1C(O)CC2Cc3c(cccc3OCC(=O)OC)CC21. The topological polar surface area (TPSA) is 112 Å². The van der Waals surface area contributed by atoms with Crippen molar-refractivity contribution in [1.82, 2.24) is 0 Å². The number of rotatable bonds is 20. The molecule has 0 amide bonds. The first kappa shape index (κ1) is 46.0. The van der Waals surface area contributed by atoms with E-state index in [0.717, 1.165) is 92.5 Å². The maximum atomic E-state index is 11.5. The van der Waals surface area contributed by atoms with Gasteiger partial charge in [0.25, 0.3) is 0 Å². The van der Waals surface area contributed by atoms with Crippen molar-refractivity contribution in [2.24, 2.45) is 47.3 Å². The number of hydrogen-bond donors (Lipinski definition) is 2. The quantitative estimate of drug-likeness (QED) is 0.101. The van der Waals surface area contributed by atoms with Crippen LogP contribution in [0.25, 0.3) is 0 Å². The molecular formula is C50H76O8. The predicted octanol–water partition coefficient (Wildman–Crippen LogP) is 9.89. The van der Waals surface area contributed by atoms with Crippen molar-refractivity contribution in [3.8, 4) is 11.5 Å². The zero-order valence-electron chi connectivity index (χ0n) is 36.7. The number of carbonyl (C=O) groups excluding carboxylic acids is 2. The predicted molar refractivity (Wildman–Crippen MR) is 230 cm³/mol. The summed E-state index contributed by atoms with van der Waals surface area (Å²) in [5.41, 5.74) is 5.20. The molecule has 6 rings (SSSR count). The summed E-state index contributed by atoms with van der Waals surface area (Å²) in [6, 6.07) is 12.4. The first-order chi connectivity index (χ1) is 28.1. The average molecular weight is 805 g/mol. The fourth-order valence-corrected chi connectivity index (χ4v) is 11.2. The number of ether oxygens (including phenoxy) is 4. The number of esters is 2. The Morgan fingerprint density at radius 2 is 1.21 bits per heavy atom. The van der Waals surface area contributed by atoms with Gasteiger partial charge in [-0.25, -0.2) is 9.59 Å². The Labute approximate surface area is 350 Å². The lowest BCUT2D eigenvalue weighted by Crippen LogP contribution is -2.28. The van der Waals surface area contributed by atoms with E-state index in [1.807, 2.05) is 18.2 Å². The van der Waals surface area contributed by atoms with Gasteiger partial charge >= 0.3 is 11.9 Å². The van der Waals surface area contributed by atoms with Crippen LogP contribution < -0.4 is 9.47 Å². The first-order valence-corrected chi connectivity index (χ1v) is 23.0. The Morgan fingerprint density at radius 1 is 0.690 bits per heavy atom. The van der Waals surface area contributed by atoms with E-state index < -0.39 is 0 Å². The molecule has 324 valence electrons. The summed E-state index contributed by atoms with van der Waals surface area (Å²) in [5.74, 6) is 6.21. The van der Waals surface area contributed by atoms with Crippen molar-refractivity contribution >= 4 is 11.9 Å². The Bertz CT molecular complexity index is 1460. The standard InChI is InChI=1S/C26H40O3.C24H36O5/c1-5-6-7-9-18(2)12-13-22-19(3)14-21-16-24-20(15-23(21)22)10-8-11-25(24)29-17-26(27)28-4;1-3-4-5-8-18(25)10-11-19-20-12-16-7-6-9-23(29-15-24(27)28-2)21(16)13-17(20)14-22(19)26/h8,10-11,18-19,21-23H,5-7,9,12-17H2,1-4H3;6-7,9,17-20,22,25-26H,3-5,8,10-15H2,1-2H3. The molecule has 2 N–H and O–H groups in total. The lowest BCUT2D eigenvalue weighted by molar-refractivity contribution is -0.143. The van der Waals surface area contributed by atoms with E-state index in [-0.39, 0.29) is 43.3 Å². The summed E-state index contributed by atoms with van der Waals surface area (Å²) in [6.07, 6.45) is 19.9. The molecule has 0 radical (unpaired) electrons. The fraction of sp³-hybridized carbons (Fsp3) is 0.720. The Hall–Kier alpha value is -3.10. The van der Waals surface area contributed by atoms with Crippen molar-refractivity contribution in [2.75, 3.05) is 27.4 Å². The highest BCUT2D eigenvalue weighted by Gasteiger charge is 2.45. The van der Waals surface area contributed by atoms with Gasteiger partial charge in [0.2, 0.25) is 0 Å². The molecule has 4 aliphatic carbocycles. The molecule has 2 saturated carbocycles. The zero-order chi connectivity index (χ0) is 41.6. The maximum Gasteiger partial charge on any atom is 0.343 e. The van der Waals surface area contributed by atoms with Gasteiger partial charge in [0, 0.05) is 0 Å². The molecule has 8 nitrogen and oxygen atoms in total. The van der Waals surface area contributed by atoms with Crippen LogP contribution in [0.5, 0.6) is 11.5 Å². The Morgan fingerprint density at radius 3 is 1.76 bits per heavy atom. The molecule has 0 saturated heterocycles. The summed E-state index contributed by atoms with van der Waals surface area (Å²) in [7, 11) is 2.76. The van der Waals surface area contributed by atoms with E-state index in [4.69, 9.17) is 14.2 Å². The molecule has 10 unspecified atom stereocenters. The number of unbranched alkanes of at least 4 members (excludes halogenated alkanes) is 4. The number of carbonyl (C=O) groups is 2. The normalized spacial score (nSPS) is 26.5. The molecule has 4 aliphatic rings. The molecule has 0 bridgehead atoms. The summed E-state index contributed by atoms with van der Waals surface area (Å²) in [4.78, 5) is 22.9. The molecule has 0 aliphatic heterocycles. The number of aliphatic hydroxyl groups is 2. The summed E-state index contributed by atoms with van der Waals surface area (Å²) >= 11 is 0. The fourth-order valence-electron chi connectivity index (χ4n) is 11.2. The van der Waals surface area contributed by atoms with Crippen LogP contribution in [0.3, 0.4) is 0 Å². The van der Waals surface area contributed by atoms with Crippen molar-refractivity contribution in [3.05, 3.63) is 58.7 Å². The largest absolute Gasteiger partial charge is 0.482 e. The van der Waals surface area contributed by atoms with Gasteiger partial charge in [-0.15, -0.1) is 0 Å². The van der Waals surface area contributed by atoms with Crippen LogP contribution in [0.1, 0.15) is 140 Å². The smallest absolute Gasteiger partial charge is 0.343 e. The van der Waals surface area contributed by atoms with Crippen molar-refractivity contribution in [1.29, 1.82) is 0 Å². The molecule has 0 spiro atoms. The highest BCUT2D eigenvalue weighted by Crippen LogP contribution is 2.51. The van der Waals surface area contributed by atoms with E-state index in [0.29, 0.717) is 11.8 Å². The van der Waals surface area contributed by atoms with Crippen molar-refractivity contribution in [2.45, 2.75) is 155 Å². The van der Waals surface area contributed by atoms with E-state index in [2.05, 4.69) is 50.6 Å². The van der Waals surface area contributed by atoms with Crippen molar-refractivity contribution < 1.29 is 38.7 Å². The lowest BCUT2D eigenvalue weighted by Gasteiger charge is -2.33. The minimum Gasteiger partial charge on any atom is -0.482 e. The van der Waals surface area contributed by atoms with Crippen LogP contribution >= 0.6 is 0 Å². The summed E-state index contributed by atoms with van der Waals surface area (Å²) < 4.78 is 20.9. The van der Waals surface area contributed by atoms with Crippen molar-refractivity contribution in [3.63, 3.8) is 0 Å². The monoisotopic (exact) mass is 805 g/mol. The Balaban J connectivity index is 0.000000221. The Kier molecular flexibility index (Phi) is 18.3. The zero-order valence-corrected chi connectivity index (χ0v) is 36.7. The summed E-state index contributed by atoms with van der Waals surface area (Å²) in [5, 5.41) is 21.0. The molecule has 2 fully saturated rings. The van der Waals surface area contributed by atoms with E-state index in [9.17, 15) is 19.8 Å². The summed E-state index contributed by atoms with van der Waals surface area (Å²) in [6.45, 7) is 9.31. The molecule has 0 heterocycles. The van der Waals surface area contributed by atoms with Crippen LogP contribution in [-0.4, -0.2) is 61.8 Å². The van der Waals surface area contributed by atoms with Gasteiger partial charge in [-0.3, -0.25) is 0 Å². The lowest BCUT2D eigenvalue weighted by atomic mass is 9.73. The van der Waals surface area contributed by atoms with Gasteiger partial charge in [-0.05, 0) is 146 Å². The maximum absolute atomic E-state index is 11.5. The molecular weight excluding hydrogens is 729 g/mol. The highest BCUT2D eigenvalue weighted by atomic mass is 16.6. The minimum atomic E-state index is -0.384. The van der Waals surface area contributed by atoms with Crippen LogP contribution in [0, 0.1) is 47.3 Å². The van der Waals surface area contributed by atoms with Crippen LogP contribution in [0.4, 0.5) is 0 Å². The van der Waals surface area contributed by atoms with Gasteiger partial charge in [0.05, 0.1) is 26.4 Å². The molecule has 2 aromatic carbocycles. The number of fused-ring (bicyclic) bond motifs is 4.